The summed E-state index contributed by atoms with van der Waals surface area (Å²) in [4.78, 5) is 0.0281. The number of sulfonamides is 1. The van der Waals surface area contributed by atoms with Crippen LogP contribution in [0.5, 0.6) is 0 Å². The smallest absolute Gasteiger partial charge is 0.269 e. The molecule has 0 aliphatic carbocycles. The van der Waals surface area contributed by atoms with Crippen LogP contribution in [-0.4, -0.2) is 20.1 Å². The van der Waals surface area contributed by atoms with E-state index >= 15 is 0 Å². The van der Waals surface area contributed by atoms with Crippen LogP contribution in [0, 0.1) is 26.6 Å². The highest BCUT2D eigenvalue weighted by molar-refractivity contribution is 7.93. The van der Waals surface area contributed by atoms with Gasteiger partial charge in [0.15, 0.2) is 10.7 Å². The van der Waals surface area contributed by atoms with Gasteiger partial charge in [-0.05, 0) is 50.8 Å². The van der Waals surface area contributed by atoms with Crippen molar-refractivity contribution < 1.29 is 17.3 Å². The summed E-state index contributed by atoms with van der Waals surface area (Å²) in [5.74, 6) is -0.290. The molecule has 5 nitrogen and oxygen atoms in total. The molecule has 2 aromatic rings. The van der Waals surface area contributed by atoms with E-state index in [4.69, 9.17) is 4.52 Å². The van der Waals surface area contributed by atoms with Gasteiger partial charge in [0.05, 0.1) is 5.69 Å². The molecule has 0 bridgehead atoms. The van der Waals surface area contributed by atoms with Crippen molar-refractivity contribution in [2.45, 2.75) is 38.5 Å². The van der Waals surface area contributed by atoms with Gasteiger partial charge in [-0.25, -0.2) is 12.8 Å². The normalized spacial score (nSPS) is 15.0. The molecule has 22 heavy (non-hydrogen) atoms. The number of nitrogens with zero attached hydrogens (tertiary/aromatic N) is 2. The van der Waals surface area contributed by atoms with Crippen molar-refractivity contribution in [2.24, 2.45) is 0 Å². The fraction of sp³-hybridized carbons (Fsp3) is 0.400. The molecule has 3 rings (SSSR count). The van der Waals surface area contributed by atoms with Crippen molar-refractivity contribution in [2.75, 3.05) is 10.8 Å². The Morgan fingerprint density at radius 2 is 2.00 bits per heavy atom. The van der Waals surface area contributed by atoms with Crippen molar-refractivity contribution in [3.05, 3.63) is 40.5 Å². The van der Waals surface area contributed by atoms with E-state index in [1.807, 2.05) is 6.07 Å². The summed E-state index contributed by atoms with van der Waals surface area (Å²) in [5, 5.41) is 3.70. The maximum atomic E-state index is 14.4. The number of aromatic nitrogens is 1. The minimum Gasteiger partial charge on any atom is -0.360 e. The van der Waals surface area contributed by atoms with Crippen molar-refractivity contribution in [1.29, 1.82) is 0 Å². The lowest BCUT2D eigenvalue weighted by Crippen LogP contribution is -2.36. The molecule has 0 N–H and O–H groups in total. The van der Waals surface area contributed by atoms with Gasteiger partial charge in [-0.1, -0.05) is 11.2 Å². The number of hydrogen-bond donors (Lipinski definition) is 0. The fourth-order valence-electron chi connectivity index (χ4n) is 2.99. The lowest BCUT2D eigenvalue weighted by Gasteiger charge is -2.31. The van der Waals surface area contributed by atoms with E-state index in [-0.39, 0.29) is 28.6 Å². The Morgan fingerprint density at radius 3 is 2.64 bits per heavy atom. The van der Waals surface area contributed by atoms with Crippen LogP contribution in [0.25, 0.3) is 0 Å². The Morgan fingerprint density at radius 1 is 1.27 bits per heavy atom. The number of fused-ring (bicyclic) bond motifs is 1. The number of anilines is 1. The van der Waals surface area contributed by atoms with E-state index in [2.05, 4.69) is 5.16 Å². The second kappa shape index (κ2) is 5.08. The molecule has 0 fully saturated rings. The molecular weight excluding hydrogens is 307 g/mol. The van der Waals surface area contributed by atoms with Crippen molar-refractivity contribution in [3.63, 3.8) is 0 Å². The van der Waals surface area contributed by atoms with Crippen LogP contribution in [0.3, 0.4) is 0 Å². The second-order valence-electron chi connectivity index (χ2n) is 5.59. The lowest BCUT2D eigenvalue weighted by atomic mass is 10.0. The third-order valence-electron chi connectivity index (χ3n) is 3.86. The molecule has 118 valence electrons. The Balaban J connectivity index is 2.20. The molecule has 0 amide bonds. The molecule has 0 saturated heterocycles. The van der Waals surface area contributed by atoms with Gasteiger partial charge in [0.25, 0.3) is 10.0 Å². The predicted molar refractivity (Wildman–Crippen MR) is 80.0 cm³/mol. The summed E-state index contributed by atoms with van der Waals surface area (Å²) >= 11 is 0. The average molecular weight is 324 g/mol. The van der Waals surface area contributed by atoms with Gasteiger partial charge >= 0.3 is 0 Å². The Hall–Kier alpha value is -1.89. The second-order valence-corrected chi connectivity index (χ2v) is 7.39. The quantitative estimate of drug-likeness (QED) is 0.852. The Labute approximate surface area is 128 Å². The maximum absolute atomic E-state index is 14.4. The topological polar surface area (TPSA) is 63.4 Å². The SMILES string of the molecule is Cc1cc(F)c2c(c1)CCCN2S(=O)(=O)c1c(C)noc1C. The van der Waals surface area contributed by atoms with E-state index in [9.17, 15) is 12.8 Å². The van der Waals surface area contributed by atoms with Crippen LogP contribution in [0.1, 0.15) is 29.0 Å². The zero-order chi connectivity index (χ0) is 16.1. The van der Waals surface area contributed by atoms with Crippen molar-refractivity contribution >= 4 is 15.7 Å². The summed E-state index contributed by atoms with van der Waals surface area (Å²) in [5.41, 5.74) is 1.95. The first-order valence-corrected chi connectivity index (χ1v) is 8.51. The summed E-state index contributed by atoms with van der Waals surface area (Å²) < 4.78 is 46.4. The molecule has 0 unspecified atom stereocenters. The molecule has 0 spiro atoms. The summed E-state index contributed by atoms with van der Waals surface area (Å²) in [6.07, 6.45) is 1.32. The first kappa shape index (κ1) is 15.0. The van der Waals surface area contributed by atoms with E-state index in [1.165, 1.54) is 6.07 Å². The molecule has 1 aliphatic heterocycles. The molecule has 7 heteroatoms. The number of halogens is 1. The van der Waals surface area contributed by atoms with E-state index in [0.717, 1.165) is 15.4 Å². The fourth-order valence-corrected chi connectivity index (χ4v) is 4.84. The minimum absolute atomic E-state index is 0.0281. The first-order valence-electron chi connectivity index (χ1n) is 7.07. The largest absolute Gasteiger partial charge is 0.360 e. The van der Waals surface area contributed by atoms with Gasteiger partial charge < -0.3 is 4.52 Å². The average Bonchev–Trinajstić information content (AvgIpc) is 2.77. The summed E-state index contributed by atoms with van der Waals surface area (Å²) in [7, 11) is -3.89. The summed E-state index contributed by atoms with van der Waals surface area (Å²) in [6.45, 7) is 5.16. The third-order valence-corrected chi connectivity index (χ3v) is 5.90. The van der Waals surface area contributed by atoms with Crippen molar-refractivity contribution in [3.8, 4) is 0 Å². The third kappa shape index (κ3) is 2.20. The minimum atomic E-state index is -3.89. The number of rotatable bonds is 2. The van der Waals surface area contributed by atoms with Gasteiger partial charge in [0.1, 0.15) is 11.5 Å². The summed E-state index contributed by atoms with van der Waals surface area (Å²) in [6, 6.07) is 3.20. The van der Waals surface area contributed by atoms with Crippen LogP contribution in [0.15, 0.2) is 21.6 Å². The molecule has 0 atom stereocenters. The monoisotopic (exact) mass is 324 g/mol. The van der Waals surface area contributed by atoms with E-state index in [1.54, 1.807) is 20.8 Å². The predicted octanol–water partition coefficient (Wildman–Crippen LogP) is 2.88. The Bertz CT molecular complexity index is 823. The molecule has 2 heterocycles. The van der Waals surface area contributed by atoms with Crippen LogP contribution in [0.4, 0.5) is 10.1 Å². The standard InChI is InChI=1S/C15H17FN2O3S/c1-9-7-12-5-4-6-18(14(12)13(16)8-9)22(19,20)15-10(2)17-21-11(15)3/h7-8H,4-6H2,1-3H3. The zero-order valence-corrected chi connectivity index (χ0v) is 13.5. The molecule has 0 radical (unpaired) electrons. The van der Waals surface area contributed by atoms with Crippen LogP contribution in [-0.2, 0) is 16.4 Å². The van der Waals surface area contributed by atoms with Crippen LogP contribution < -0.4 is 4.31 Å². The van der Waals surface area contributed by atoms with Crippen LogP contribution >= 0.6 is 0 Å². The highest BCUT2D eigenvalue weighted by Crippen LogP contribution is 2.36. The molecule has 1 aromatic carbocycles. The highest BCUT2D eigenvalue weighted by Gasteiger charge is 2.35. The molecule has 0 saturated carbocycles. The first-order chi connectivity index (χ1) is 10.3. The lowest BCUT2D eigenvalue weighted by molar-refractivity contribution is 0.390. The van der Waals surface area contributed by atoms with Gasteiger partial charge in [0, 0.05) is 6.54 Å². The Kier molecular flexibility index (Phi) is 3.47. The number of hydrogen-bond acceptors (Lipinski definition) is 4. The van der Waals surface area contributed by atoms with Gasteiger partial charge in [0.2, 0.25) is 0 Å². The highest BCUT2D eigenvalue weighted by atomic mass is 32.2. The van der Waals surface area contributed by atoms with Gasteiger partial charge in [-0.3, -0.25) is 4.31 Å². The molecule has 1 aromatic heterocycles. The van der Waals surface area contributed by atoms with Crippen molar-refractivity contribution in [1.82, 2.24) is 5.16 Å². The van der Waals surface area contributed by atoms with Gasteiger partial charge in [-0.15, -0.1) is 0 Å². The molecular formula is C15H17FN2O3S. The maximum Gasteiger partial charge on any atom is 0.269 e. The van der Waals surface area contributed by atoms with E-state index < -0.39 is 15.8 Å². The zero-order valence-electron chi connectivity index (χ0n) is 12.7. The number of benzene rings is 1. The number of aryl methyl sites for hydroxylation is 4. The molecule has 1 aliphatic rings. The van der Waals surface area contributed by atoms with Gasteiger partial charge in [-0.2, -0.15) is 0 Å². The van der Waals surface area contributed by atoms with E-state index in [0.29, 0.717) is 12.8 Å². The van der Waals surface area contributed by atoms with Crippen LogP contribution in [0.2, 0.25) is 0 Å².